The third-order valence-electron chi connectivity index (χ3n) is 2.05. The van der Waals surface area contributed by atoms with Gasteiger partial charge in [-0.3, -0.25) is 0 Å². The predicted octanol–water partition coefficient (Wildman–Crippen LogP) is 3.27. The van der Waals surface area contributed by atoms with Gasteiger partial charge in [-0.25, -0.2) is 0 Å². The van der Waals surface area contributed by atoms with E-state index in [0.29, 0.717) is 10.0 Å². The lowest BCUT2D eigenvalue weighted by molar-refractivity contribution is 0.646. The molecule has 0 bridgehead atoms. The highest BCUT2D eigenvalue weighted by molar-refractivity contribution is 6.35. The van der Waals surface area contributed by atoms with E-state index in [2.05, 4.69) is 6.92 Å². The second kappa shape index (κ2) is 4.85. The van der Waals surface area contributed by atoms with Gasteiger partial charge in [-0.05, 0) is 30.5 Å². The maximum atomic E-state index is 5.99. The summed E-state index contributed by atoms with van der Waals surface area (Å²) in [7, 11) is 0. The van der Waals surface area contributed by atoms with Crippen molar-refractivity contribution in [1.29, 1.82) is 0 Å². The molecule has 0 aliphatic carbocycles. The summed E-state index contributed by atoms with van der Waals surface area (Å²) in [5.41, 5.74) is 6.78. The zero-order valence-electron chi connectivity index (χ0n) is 7.56. The Hall–Kier alpha value is -0.240. The molecule has 0 spiro atoms. The van der Waals surface area contributed by atoms with Gasteiger partial charge >= 0.3 is 0 Å². The van der Waals surface area contributed by atoms with Crippen LogP contribution in [0.5, 0.6) is 0 Å². The standard InChI is InChI=1S/C10H13Cl2N/c1-2-7(13)6-8-9(11)4-3-5-10(8)12/h3-5,7H,2,6,13H2,1H3. The van der Waals surface area contributed by atoms with Gasteiger partial charge in [-0.1, -0.05) is 36.2 Å². The Balaban J connectivity index is 2.87. The Bertz CT molecular complexity index is 266. The van der Waals surface area contributed by atoms with Crippen molar-refractivity contribution in [1.82, 2.24) is 0 Å². The monoisotopic (exact) mass is 217 g/mol. The first-order chi connectivity index (χ1) is 6.15. The fourth-order valence-corrected chi connectivity index (χ4v) is 1.69. The molecule has 1 rings (SSSR count). The topological polar surface area (TPSA) is 26.0 Å². The van der Waals surface area contributed by atoms with E-state index in [-0.39, 0.29) is 6.04 Å². The van der Waals surface area contributed by atoms with Crippen molar-refractivity contribution in [2.75, 3.05) is 0 Å². The van der Waals surface area contributed by atoms with Gasteiger partial charge in [0.2, 0.25) is 0 Å². The van der Waals surface area contributed by atoms with E-state index in [1.165, 1.54) is 0 Å². The van der Waals surface area contributed by atoms with Crippen molar-refractivity contribution in [2.24, 2.45) is 5.73 Å². The summed E-state index contributed by atoms with van der Waals surface area (Å²) in [6.45, 7) is 2.05. The van der Waals surface area contributed by atoms with Crippen molar-refractivity contribution in [2.45, 2.75) is 25.8 Å². The summed E-state index contributed by atoms with van der Waals surface area (Å²) < 4.78 is 0. The first-order valence-electron chi connectivity index (χ1n) is 4.33. The van der Waals surface area contributed by atoms with Crippen molar-refractivity contribution >= 4 is 23.2 Å². The van der Waals surface area contributed by atoms with Gasteiger partial charge in [0, 0.05) is 16.1 Å². The van der Waals surface area contributed by atoms with Gasteiger partial charge in [0.15, 0.2) is 0 Å². The Morgan fingerprint density at radius 3 is 2.31 bits per heavy atom. The molecule has 1 aromatic rings. The van der Waals surface area contributed by atoms with Crippen LogP contribution in [-0.2, 0) is 6.42 Å². The average Bonchev–Trinajstić information content (AvgIpc) is 2.11. The normalized spacial score (nSPS) is 12.9. The van der Waals surface area contributed by atoms with E-state index in [9.17, 15) is 0 Å². The zero-order valence-corrected chi connectivity index (χ0v) is 9.07. The van der Waals surface area contributed by atoms with E-state index in [0.717, 1.165) is 18.4 Å². The van der Waals surface area contributed by atoms with Gasteiger partial charge in [-0.15, -0.1) is 0 Å². The van der Waals surface area contributed by atoms with Crippen molar-refractivity contribution in [3.8, 4) is 0 Å². The van der Waals surface area contributed by atoms with Gasteiger partial charge in [-0.2, -0.15) is 0 Å². The van der Waals surface area contributed by atoms with Crippen molar-refractivity contribution in [3.05, 3.63) is 33.8 Å². The van der Waals surface area contributed by atoms with Crippen LogP contribution in [0.25, 0.3) is 0 Å². The van der Waals surface area contributed by atoms with Crippen LogP contribution < -0.4 is 5.73 Å². The third-order valence-corrected chi connectivity index (χ3v) is 2.76. The highest BCUT2D eigenvalue weighted by Gasteiger charge is 2.08. The molecular weight excluding hydrogens is 205 g/mol. The Kier molecular flexibility index (Phi) is 4.04. The number of hydrogen-bond donors (Lipinski definition) is 1. The maximum Gasteiger partial charge on any atom is 0.0453 e. The molecule has 0 aromatic heterocycles. The van der Waals surface area contributed by atoms with Crippen LogP contribution in [0.3, 0.4) is 0 Å². The molecule has 1 atom stereocenters. The van der Waals surface area contributed by atoms with E-state index < -0.39 is 0 Å². The predicted molar refractivity (Wildman–Crippen MR) is 58.4 cm³/mol. The van der Waals surface area contributed by atoms with Crippen LogP contribution >= 0.6 is 23.2 Å². The number of nitrogens with two attached hydrogens (primary N) is 1. The molecule has 13 heavy (non-hydrogen) atoms. The molecule has 0 saturated heterocycles. The van der Waals surface area contributed by atoms with Gasteiger partial charge < -0.3 is 5.73 Å². The Morgan fingerprint density at radius 1 is 1.31 bits per heavy atom. The van der Waals surface area contributed by atoms with Crippen molar-refractivity contribution in [3.63, 3.8) is 0 Å². The highest BCUT2D eigenvalue weighted by Crippen LogP contribution is 2.25. The molecule has 1 aromatic carbocycles. The van der Waals surface area contributed by atoms with Crippen LogP contribution in [0.2, 0.25) is 10.0 Å². The molecule has 1 nitrogen and oxygen atoms in total. The minimum absolute atomic E-state index is 0.136. The Labute approximate surface area is 88.8 Å². The quantitative estimate of drug-likeness (QED) is 0.827. The molecule has 0 amide bonds. The first-order valence-corrected chi connectivity index (χ1v) is 5.09. The van der Waals surface area contributed by atoms with E-state index in [1.807, 2.05) is 18.2 Å². The molecule has 0 aliphatic rings. The smallest absolute Gasteiger partial charge is 0.0453 e. The molecule has 2 N–H and O–H groups in total. The van der Waals surface area contributed by atoms with Crippen molar-refractivity contribution < 1.29 is 0 Å². The number of hydrogen-bond acceptors (Lipinski definition) is 1. The lowest BCUT2D eigenvalue weighted by Gasteiger charge is -2.11. The molecule has 0 saturated carbocycles. The zero-order chi connectivity index (χ0) is 9.84. The largest absolute Gasteiger partial charge is 0.327 e. The van der Waals surface area contributed by atoms with Crippen LogP contribution in [0.15, 0.2) is 18.2 Å². The fourth-order valence-electron chi connectivity index (χ4n) is 1.13. The second-order valence-corrected chi connectivity index (χ2v) is 3.89. The Morgan fingerprint density at radius 2 is 1.85 bits per heavy atom. The van der Waals surface area contributed by atoms with E-state index in [4.69, 9.17) is 28.9 Å². The molecule has 0 aliphatic heterocycles. The average molecular weight is 218 g/mol. The summed E-state index contributed by atoms with van der Waals surface area (Å²) in [6, 6.07) is 5.65. The van der Waals surface area contributed by atoms with Gasteiger partial charge in [0.25, 0.3) is 0 Å². The molecule has 0 heterocycles. The van der Waals surface area contributed by atoms with Crippen LogP contribution in [0.1, 0.15) is 18.9 Å². The molecule has 0 fully saturated rings. The van der Waals surface area contributed by atoms with E-state index >= 15 is 0 Å². The fraction of sp³-hybridized carbons (Fsp3) is 0.400. The summed E-state index contributed by atoms with van der Waals surface area (Å²) in [4.78, 5) is 0. The SMILES string of the molecule is CCC(N)Cc1c(Cl)cccc1Cl. The van der Waals surface area contributed by atoms with Gasteiger partial charge in [0.1, 0.15) is 0 Å². The van der Waals surface area contributed by atoms with Crippen LogP contribution in [0, 0.1) is 0 Å². The lowest BCUT2D eigenvalue weighted by Crippen LogP contribution is -2.21. The minimum Gasteiger partial charge on any atom is -0.327 e. The van der Waals surface area contributed by atoms with Crippen LogP contribution in [0.4, 0.5) is 0 Å². The first kappa shape index (κ1) is 10.8. The molecule has 1 unspecified atom stereocenters. The number of rotatable bonds is 3. The highest BCUT2D eigenvalue weighted by atomic mass is 35.5. The number of halogens is 2. The van der Waals surface area contributed by atoms with Crippen LogP contribution in [-0.4, -0.2) is 6.04 Å². The van der Waals surface area contributed by atoms with E-state index in [1.54, 1.807) is 0 Å². The molecule has 0 radical (unpaired) electrons. The van der Waals surface area contributed by atoms with Gasteiger partial charge in [0.05, 0.1) is 0 Å². The molecular formula is C10H13Cl2N. The molecule has 3 heteroatoms. The summed E-state index contributed by atoms with van der Waals surface area (Å²) in [5.74, 6) is 0. The summed E-state index contributed by atoms with van der Waals surface area (Å²) in [5, 5.41) is 1.41. The summed E-state index contributed by atoms with van der Waals surface area (Å²) in [6.07, 6.45) is 1.68. The maximum absolute atomic E-state index is 5.99. The number of benzene rings is 1. The minimum atomic E-state index is 0.136. The third kappa shape index (κ3) is 2.87. The molecule has 72 valence electrons. The summed E-state index contributed by atoms with van der Waals surface area (Å²) >= 11 is 12.0. The lowest BCUT2D eigenvalue weighted by atomic mass is 10.0. The second-order valence-electron chi connectivity index (χ2n) is 3.07.